The van der Waals surface area contributed by atoms with Gasteiger partial charge in [0.15, 0.2) is 0 Å². The Morgan fingerprint density at radius 3 is 2.31 bits per heavy atom. The van der Waals surface area contributed by atoms with Crippen LogP contribution in [-0.4, -0.2) is 45.3 Å². The van der Waals surface area contributed by atoms with Gasteiger partial charge in [-0.25, -0.2) is 4.79 Å². The monoisotopic (exact) mass is 360 g/mol. The van der Waals surface area contributed by atoms with Crippen molar-refractivity contribution in [3.05, 3.63) is 58.1 Å². The number of nitro groups is 1. The lowest BCUT2D eigenvalue weighted by atomic mass is 10.1. The number of hydrogen-bond donors (Lipinski definition) is 0. The standard InChI is InChI=1S/C18H20N2O6/c1-19(2)16-9-4-13(12-17(16)20(22)23)18(21)26-11-10-25-15-7-5-14(24-3)6-8-15/h4-9,12H,10-11H2,1-3H3. The van der Waals surface area contributed by atoms with Crippen molar-refractivity contribution in [2.45, 2.75) is 0 Å². The summed E-state index contributed by atoms with van der Waals surface area (Å²) in [6.07, 6.45) is 0. The van der Waals surface area contributed by atoms with Crippen LogP contribution in [0.4, 0.5) is 11.4 Å². The molecule has 8 heteroatoms. The molecule has 0 aliphatic carbocycles. The average Bonchev–Trinajstić information content (AvgIpc) is 2.64. The van der Waals surface area contributed by atoms with Gasteiger partial charge in [0.05, 0.1) is 17.6 Å². The predicted octanol–water partition coefficient (Wildman–Crippen LogP) is 2.91. The summed E-state index contributed by atoms with van der Waals surface area (Å²) in [5.41, 5.74) is 0.375. The van der Waals surface area contributed by atoms with Crippen molar-refractivity contribution < 1.29 is 23.9 Å². The number of nitro benzene ring substituents is 1. The Bertz CT molecular complexity index is 774. The number of carbonyl (C=O) groups is 1. The van der Waals surface area contributed by atoms with Gasteiger partial charge in [-0.15, -0.1) is 0 Å². The number of anilines is 1. The van der Waals surface area contributed by atoms with Crippen LogP contribution < -0.4 is 14.4 Å². The SMILES string of the molecule is COc1ccc(OCCOC(=O)c2ccc(N(C)C)c([N+](=O)[O-])c2)cc1. The van der Waals surface area contributed by atoms with E-state index in [1.807, 2.05) is 0 Å². The van der Waals surface area contributed by atoms with Gasteiger partial charge in [-0.3, -0.25) is 10.1 Å². The fourth-order valence-electron chi connectivity index (χ4n) is 2.22. The summed E-state index contributed by atoms with van der Waals surface area (Å²) >= 11 is 0. The summed E-state index contributed by atoms with van der Waals surface area (Å²) in [6.45, 7) is 0.185. The molecule has 0 aromatic heterocycles. The number of benzene rings is 2. The fraction of sp³-hybridized carbons (Fsp3) is 0.278. The van der Waals surface area contributed by atoms with Crippen LogP contribution >= 0.6 is 0 Å². The Balaban J connectivity index is 1.91. The summed E-state index contributed by atoms with van der Waals surface area (Å²) in [5, 5.41) is 11.2. The number of rotatable bonds is 8. The number of carbonyl (C=O) groups excluding carboxylic acids is 1. The van der Waals surface area contributed by atoms with Crippen LogP contribution in [0.15, 0.2) is 42.5 Å². The van der Waals surface area contributed by atoms with Gasteiger partial charge in [0.25, 0.3) is 5.69 Å². The lowest BCUT2D eigenvalue weighted by Gasteiger charge is -2.13. The highest BCUT2D eigenvalue weighted by Gasteiger charge is 2.19. The molecule has 2 aromatic carbocycles. The molecule has 0 aliphatic rings. The first kappa shape index (κ1) is 19.0. The predicted molar refractivity (Wildman–Crippen MR) is 96.2 cm³/mol. The Labute approximate surface area is 151 Å². The molecule has 0 radical (unpaired) electrons. The molecule has 0 N–H and O–H groups in total. The van der Waals surface area contributed by atoms with E-state index in [0.29, 0.717) is 17.2 Å². The normalized spacial score (nSPS) is 10.1. The zero-order valence-electron chi connectivity index (χ0n) is 14.8. The highest BCUT2D eigenvalue weighted by atomic mass is 16.6. The van der Waals surface area contributed by atoms with Gasteiger partial charge in [0.1, 0.15) is 30.4 Å². The molecule has 0 bridgehead atoms. The van der Waals surface area contributed by atoms with E-state index in [-0.39, 0.29) is 24.5 Å². The first-order valence-corrected chi connectivity index (χ1v) is 7.82. The van der Waals surface area contributed by atoms with Gasteiger partial charge in [-0.05, 0) is 36.4 Å². The van der Waals surface area contributed by atoms with Crippen molar-refractivity contribution in [2.24, 2.45) is 0 Å². The lowest BCUT2D eigenvalue weighted by molar-refractivity contribution is -0.384. The Morgan fingerprint density at radius 2 is 1.73 bits per heavy atom. The molecule has 0 heterocycles. The quantitative estimate of drug-likeness (QED) is 0.309. The van der Waals surface area contributed by atoms with Crippen molar-refractivity contribution in [3.8, 4) is 11.5 Å². The van der Waals surface area contributed by atoms with Crippen LogP contribution in [0.2, 0.25) is 0 Å². The maximum atomic E-state index is 12.1. The number of nitrogens with zero attached hydrogens (tertiary/aromatic N) is 2. The molecule has 0 saturated heterocycles. The zero-order valence-corrected chi connectivity index (χ0v) is 14.8. The van der Waals surface area contributed by atoms with Crippen LogP contribution in [0.5, 0.6) is 11.5 Å². The minimum atomic E-state index is -0.642. The molecule has 0 amide bonds. The van der Waals surface area contributed by atoms with Crippen LogP contribution in [0.3, 0.4) is 0 Å². The lowest BCUT2D eigenvalue weighted by Crippen LogP contribution is -2.14. The molecule has 0 aliphatic heterocycles. The van der Waals surface area contributed by atoms with Gasteiger partial charge in [0.2, 0.25) is 0 Å². The van der Waals surface area contributed by atoms with Gasteiger partial charge in [-0.1, -0.05) is 0 Å². The highest BCUT2D eigenvalue weighted by Crippen LogP contribution is 2.28. The minimum absolute atomic E-state index is 0.0219. The number of hydrogen-bond acceptors (Lipinski definition) is 7. The van der Waals surface area contributed by atoms with E-state index in [9.17, 15) is 14.9 Å². The fourth-order valence-corrected chi connectivity index (χ4v) is 2.22. The van der Waals surface area contributed by atoms with Gasteiger partial charge in [-0.2, -0.15) is 0 Å². The third-order valence-corrected chi connectivity index (χ3v) is 3.53. The first-order valence-electron chi connectivity index (χ1n) is 7.82. The van der Waals surface area contributed by atoms with E-state index in [0.717, 1.165) is 0 Å². The molecule has 0 unspecified atom stereocenters. The number of ether oxygens (including phenoxy) is 3. The Morgan fingerprint density at radius 1 is 1.08 bits per heavy atom. The van der Waals surface area contributed by atoms with E-state index in [1.54, 1.807) is 50.4 Å². The van der Waals surface area contributed by atoms with E-state index in [2.05, 4.69) is 0 Å². The molecule has 0 saturated carbocycles. The maximum Gasteiger partial charge on any atom is 0.338 e. The molecule has 2 rings (SSSR count). The Kier molecular flexibility index (Phi) is 6.37. The van der Waals surface area contributed by atoms with E-state index < -0.39 is 10.9 Å². The number of methoxy groups -OCH3 is 1. The van der Waals surface area contributed by atoms with E-state index in [4.69, 9.17) is 14.2 Å². The minimum Gasteiger partial charge on any atom is -0.497 e. The molecule has 2 aromatic rings. The van der Waals surface area contributed by atoms with Crippen LogP contribution in [-0.2, 0) is 4.74 Å². The molecular formula is C18H20N2O6. The molecule has 0 spiro atoms. The van der Waals surface area contributed by atoms with Crippen molar-refractivity contribution in [1.29, 1.82) is 0 Å². The summed E-state index contributed by atoms with van der Waals surface area (Å²) in [5.74, 6) is 0.691. The maximum absolute atomic E-state index is 12.1. The van der Waals surface area contributed by atoms with Gasteiger partial charge < -0.3 is 19.1 Å². The summed E-state index contributed by atoms with van der Waals surface area (Å²) in [7, 11) is 4.96. The summed E-state index contributed by atoms with van der Waals surface area (Å²) in [4.78, 5) is 24.3. The smallest absolute Gasteiger partial charge is 0.338 e. The molecule has 138 valence electrons. The zero-order chi connectivity index (χ0) is 19.1. The third-order valence-electron chi connectivity index (χ3n) is 3.53. The topological polar surface area (TPSA) is 91.1 Å². The van der Waals surface area contributed by atoms with Gasteiger partial charge in [0, 0.05) is 20.2 Å². The van der Waals surface area contributed by atoms with Crippen molar-refractivity contribution in [3.63, 3.8) is 0 Å². The van der Waals surface area contributed by atoms with Crippen LogP contribution in [0, 0.1) is 10.1 Å². The van der Waals surface area contributed by atoms with Gasteiger partial charge >= 0.3 is 5.97 Å². The van der Waals surface area contributed by atoms with Crippen molar-refractivity contribution >= 4 is 17.3 Å². The molecule has 0 fully saturated rings. The number of esters is 1. The molecular weight excluding hydrogens is 340 g/mol. The highest BCUT2D eigenvalue weighted by molar-refractivity contribution is 5.91. The second kappa shape index (κ2) is 8.70. The van der Waals surface area contributed by atoms with Crippen LogP contribution in [0.25, 0.3) is 0 Å². The van der Waals surface area contributed by atoms with Crippen LogP contribution in [0.1, 0.15) is 10.4 Å². The molecule has 0 atom stereocenters. The second-order valence-corrected chi connectivity index (χ2v) is 5.51. The molecule has 8 nitrogen and oxygen atoms in total. The second-order valence-electron chi connectivity index (χ2n) is 5.51. The van der Waals surface area contributed by atoms with E-state index in [1.165, 1.54) is 18.2 Å². The average molecular weight is 360 g/mol. The van der Waals surface area contributed by atoms with E-state index >= 15 is 0 Å². The molecule has 26 heavy (non-hydrogen) atoms. The Hall–Kier alpha value is -3.29. The summed E-state index contributed by atoms with van der Waals surface area (Å²) in [6, 6.07) is 11.2. The first-order chi connectivity index (χ1) is 12.4. The van der Waals surface area contributed by atoms with Crippen molar-refractivity contribution in [2.75, 3.05) is 39.3 Å². The largest absolute Gasteiger partial charge is 0.497 e. The van der Waals surface area contributed by atoms with Crippen molar-refractivity contribution in [1.82, 2.24) is 0 Å². The third kappa shape index (κ3) is 4.85. The summed E-state index contributed by atoms with van der Waals surface area (Å²) < 4.78 is 15.6.